The zero-order chi connectivity index (χ0) is 26.9. The van der Waals surface area contributed by atoms with Crippen molar-refractivity contribution in [2.24, 2.45) is 0 Å². The lowest BCUT2D eigenvalue weighted by Gasteiger charge is -2.35. The zero-order valence-electron chi connectivity index (χ0n) is 18.2. The van der Waals surface area contributed by atoms with Crippen LogP contribution in [-0.2, 0) is 17.8 Å². The van der Waals surface area contributed by atoms with Gasteiger partial charge < -0.3 is 0 Å². The molecule has 0 radical (unpaired) electrons. The molecule has 0 nitrogen and oxygen atoms in total. The number of benzene rings is 4. The number of halogens is 10. The molecule has 0 saturated heterocycles. The van der Waals surface area contributed by atoms with E-state index in [2.05, 4.69) is 31.9 Å². The fourth-order valence-electron chi connectivity index (χ4n) is 5.01. The lowest BCUT2D eigenvalue weighted by atomic mass is 9.67. The molecule has 0 N–H and O–H groups in total. The van der Waals surface area contributed by atoms with Crippen LogP contribution in [0.1, 0.15) is 33.4 Å². The van der Waals surface area contributed by atoms with E-state index in [9.17, 15) is 35.1 Å². The Balaban J connectivity index is 2.00. The van der Waals surface area contributed by atoms with E-state index < -0.39 is 40.5 Å². The van der Waals surface area contributed by atoms with E-state index in [0.717, 1.165) is 12.1 Å². The Morgan fingerprint density at radius 3 is 1.24 bits per heavy atom. The lowest BCUT2D eigenvalue weighted by molar-refractivity contribution is -0.140. The Morgan fingerprint density at radius 2 is 0.892 bits per heavy atom. The largest absolute Gasteiger partial charge is 0.419 e. The van der Waals surface area contributed by atoms with Crippen molar-refractivity contribution in [3.8, 4) is 11.1 Å². The maximum Gasteiger partial charge on any atom is 0.419 e. The van der Waals surface area contributed by atoms with Gasteiger partial charge in [0.25, 0.3) is 0 Å². The van der Waals surface area contributed by atoms with Crippen LogP contribution in [0.4, 0.5) is 35.1 Å². The van der Waals surface area contributed by atoms with Crippen molar-refractivity contribution in [2.75, 3.05) is 0 Å². The lowest BCUT2D eigenvalue weighted by Crippen LogP contribution is -2.30. The van der Waals surface area contributed by atoms with Gasteiger partial charge in [0.15, 0.2) is 0 Å². The van der Waals surface area contributed by atoms with Gasteiger partial charge in [-0.25, -0.2) is 8.78 Å². The summed E-state index contributed by atoms with van der Waals surface area (Å²) in [6, 6.07) is 14.7. The summed E-state index contributed by atoms with van der Waals surface area (Å²) in [7, 11) is 0. The minimum absolute atomic E-state index is 0.128. The van der Waals surface area contributed by atoms with Gasteiger partial charge in [0.1, 0.15) is 11.6 Å². The maximum atomic E-state index is 14.3. The predicted molar refractivity (Wildman–Crippen MR) is 129 cm³/mol. The Hall–Kier alpha value is -2.72. The highest BCUT2D eigenvalue weighted by Gasteiger charge is 2.49. The standard InChI is InChI=1S/C27H12Br2F8/c28-15-3-5-17-18-6-4-16(29)12-20(18)25(19(17)11-15,13-1-7-23(30)21(9-13)26(32,33)34)14-2-8-24(31)22(10-14)27(35,36)37/h1-12H. The van der Waals surface area contributed by atoms with Crippen LogP contribution < -0.4 is 0 Å². The van der Waals surface area contributed by atoms with Gasteiger partial charge in [0.2, 0.25) is 0 Å². The topological polar surface area (TPSA) is 0 Å². The highest BCUT2D eigenvalue weighted by atomic mass is 79.9. The van der Waals surface area contributed by atoms with E-state index in [1.54, 1.807) is 36.4 Å². The third-order valence-corrected chi connectivity index (χ3v) is 7.46. The van der Waals surface area contributed by atoms with Gasteiger partial charge >= 0.3 is 12.4 Å². The molecule has 1 aliphatic carbocycles. The van der Waals surface area contributed by atoms with Gasteiger partial charge in [-0.05, 0) is 81.9 Å². The van der Waals surface area contributed by atoms with Gasteiger partial charge in [0, 0.05) is 8.95 Å². The molecular weight excluding hydrogens is 636 g/mol. The van der Waals surface area contributed by atoms with E-state index in [-0.39, 0.29) is 11.1 Å². The molecule has 0 saturated carbocycles. The van der Waals surface area contributed by atoms with Crippen molar-refractivity contribution in [3.05, 3.63) is 127 Å². The van der Waals surface area contributed by atoms with Crippen molar-refractivity contribution in [2.45, 2.75) is 17.8 Å². The number of rotatable bonds is 2. The van der Waals surface area contributed by atoms with Gasteiger partial charge in [-0.15, -0.1) is 0 Å². The minimum Gasteiger partial charge on any atom is -0.206 e. The van der Waals surface area contributed by atoms with Crippen molar-refractivity contribution in [3.63, 3.8) is 0 Å². The minimum atomic E-state index is -5.07. The average molecular weight is 648 g/mol. The average Bonchev–Trinajstić information content (AvgIpc) is 3.07. The fraction of sp³-hybridized carbons (Fsp3) is 0.111. The fourth-order valence-corrected chi connectivity index (χ4v) is 5.73. The normalized spacial score (nSPS) is 14.4. The van der Waals surface area contributed by atoms with Gasteiger partial charge in [-0.2, -0.15) is 26.3 Å². The summed E-state index contributed by atoms with van der Waals surface area (Å²) in [6.45, 7) is 0. The number of hydrogen-bond donors (Lipinski definition) is 0. The molecule has 4 aromatic rings. The van der Waals surface area contributed by atoms with Crippen LogP contribution >= 0.6 is 31.9 Å². The van der Waals surface area contributed by atoms with Crippen LogP contribution in [0.25, 0.3) is 11.1 Å². The first-order chi connectivity index (χ1) is 17.2. The van der Waals surface area contributed by atoms with Crippen molar-refractivity contribution < 1.29 is 35.1 Å². The molecule has 0 atom stereocenters. The third-order valence-electron chi connectivity index (χ3n) is 6.47. The molecular formula is C27H12Br2F8. The Bertz CT molecular complexity index is 1440. The molecule has 0 unspecified atom stereocenters. The quantitative estimate of drug-likeness (QED) is 0.167. The van der Waals surface area contributed by atoms with E-state index in [1.807, 2.05) is 0 Å². The summed E-state index contributed by atoms with van der Waals surface area (Å²) in [6.07, 6.45) is -10.1. The monoisotopic (exact) mass is 646 g/mol. The molecule has 37 heavy (non-hydrogen) atoms. The zero-order valence-corrected chi connectivity index (χ0v) is 21.4. The molecule has 0 aliphatic heterocycles. The second-order valence-corrected chi connectivity index (χ2v) is 10.3. The van der Waals surface area contributed by atoms with E-state index >= 15 is 0 Å². The predicted octanol–water partition coefficient (Wildman–Crippen LogP) is 9.89. The second kappa shape index (κ2) is 8.66. The van der Waals surface area contributed by atoms with Gasteiger partial charge in [-0.1, -0.05) is 56.1 Å². The highest BCUT2D eigenvalue weighted by molar-refractivity contribution is 9.10. The molecule has 190 valence electrons. The first kappa shape index (κ1) is 25.9. The van der Waals surface area contributed by atoms with E-state index in [0.29, 0.717) is 55.5 Å². The number of fused-ring (bicyclic) bond motifs is 3. The SMILES string of the molecule is Fc1ccc(C2(c3ccc(F)c(C(F)(F)F)c3)c3cc(Br)ccc3-c3ccc(Br)cc32)cc1C(F)(F)F. The molecule has 5 rings (SSSR count). The summed E-state index contributed by atoms with van der Waals surface area (Å²) in [4.78, 5) is 0. The van der Waals surface area contributed by atoms with Crippen molar-refractivity contribution in [1.82, 2.24) is 0 Å². The summed E-state index contributed by atoms with van der Waals surface area (Å²) in [5, 5.41) is 0. The van der Waals surface area contributed by atoms with Crippen LogP contribution in [0.15, 0.2) is 81.7 Å². The summed E-state index contributed by atoms with van der Waals surface area (Å²) in [5.41, 5.74) is -3.33. The van der Waals surface area contributed by atoms with Crippen LogP contribution in [0.2, 0.25) is 0 Å². The van der Waals surface area contributed by atoms with Gasteiger partial charge in [0.05, 0.1) is 16.5 Å². The van der Waals surface area contributed by atoms with E-state index in [4.69, 9.17) is 0 Å². The number of hydrogen-bond acceptors (Lipinski definition) is 0. The second-order valence-electron chi connectivity index (χ2n) is 8.51. The van der Waals surface area contributed by atoms with Crippen LogP contribution in [0.5, 0.6) is 0 Å². The van der Waals surface area contributed by atoms with E-state index in [1.165, 1.54) is 0 Å². The molecule has 0 fully saturated rings. The van der Waals surface area contributed by atoms with Crippen LogP contribution in [0.3, 0.4) is 0 Å². The summed E-state index contributed by atoms with van der Waals surface area (Å²) in [5.74, 6) is -3.05. The summed E-state index contributed by atoms with van der Waals surface area (Å²) < 4.78 is 112. The molecule has 0 aromatic heterocycles. The Kier molecular flexibility index (Phi) is 6.06. The van der Waals surface area contributed by atoms with Crippen molar-refractivity contribution in [1.29, 1.82) is 0 Å². The Morgan fingerprint density at radius 1 is 0.514 bits per heavy atom. The third kappa shape index (κ3) is 4.09. The Labute approximate surface area is 222 Å². The first-order valence-electron chi connectivity index (χ1n) is 10.6. The number of alkyl halides is 6. The molecule has 0 amide bonds. The highest BCUT2D eigenvalue weighted by Crippen LogP contribution is 2.58. The van der Waals surface area contributed by atoms with Gasteiger partial charge in [-0.3, -0.25) is 0 Å². The van der Waals surface area contributed by atoms with Crippen molar-refractivity contribution >= 4 is 31.9 Å². The maximum absolute atomic E-state index is 14.3. The smallest absolute Gasteiger partial charge is 0.206 e. The molecule has 0 heterocycles. The van der Waals surface area contributed by atoms with Crippen LogP contribution in [0, 0.1) is 11.6 Å². The molecule has 1 aliphatic rings. The van der Waals surface area contributed by atoms with Crippen LogP contribution in [-0.4, -0.2) is 0 Å². The molecule has 0 bridgehead atoms. The first-order valence-corrected chi connectivity index (χ1v) is 12.2. The molecule has 0 spiro atoms. The molecule has 4 aromatic carbocycles. The molecule has 10 heteroatoms. The summed E-state index contributed by atoms with van der Waals surface area (Å²) >= 11 is 6.69.